The van der Waals surface area contributed by atoms with E-state index in [0.717, 1.165) is 18.0 Å². The van der Waals surface area contributed by atoms with Gasteiger partial charge in [0, 0.05) is 18.2 Å². The van der Waals surface area contributed by atoms with Crippen molar-refractivity contribution >= 4 is 5.91 Å². The second-order valence-corrected chi connectivity index (χ2v) is 4.41. The SMILES string of the molecule is CC(NCC(=O)NCC1CC1)c1ccoc1. The summed E-state index contributed by atoms with van der Waals surface area (Å²) in [6.07, 6.45) is 5.86. The number of hydrogen-bond donors (Lipinski definition) is 2. The molecule has 4 heteroatoms. The molecule has 4 nitrogen and oxygen atoms in total. The molecule has 0 radical (unpaired) electrons. The van der Waals surface area contributed by atoms with Gasteiger partial charge in [0.25, 0.3) is 0 Å². The molecule has 1 aliphatic carbocycles. The van der Waals surface area contributed by atoms with Crippen LogP contribution in [0.15, 0.2) is 23.0 Å². The number of carbonyl (C=O) groups is 1. The van der Waals surface area contributed by atoms with Crippen LogP contribution in [-0.2, 0) is 4.79 Å². The van der Waals surface area contributed by atoms with Crippen molar-refractivity contribution in [3.8, 4) is 0 Å². The summed E-state index contributed by atoms with van der Waals surface area (Å²) in [5.41, 5.74) is 1.06. The molecule has 2 rings (SSSR count). The smallest absolute Gasteiger partial charge is 0.233 e. The van der Waals surface area contributed by atoms with Crippen molar-refractivity contribution in [1.82, 2.24) is 10.6 Å². The van der Waals surface area contributed by atoms with Crippen LogP contribution in [0.4, 0.5) is 0 Å². The summed E-state index contributed by atoms with van der Waals surface area (Å²) in [7, 11) is 0. The Morgan fingerprint density at radius 1 is 1.62 bits per heavy atom. The van der Waals surface area contributed by atoms with Gasteiger partial charge in [-0.2, -0.15) is 0 Å². The fourth-order valence-corrected chi connectivity index (χ4v) is 1.53. The van der Waals surface area contributed by atoms with E-state index in [9.17, 15) is 4.79 Å². The summed E-state index contributed by atoms with van der Waals surface area (Å²) in [4.78, 5) is 11.5. The van der Waals surface area contributed by atoms with Crippen molar-refractivity contribution in [3.05, 3.63) is 24.2 Å². The van der Waals surface area contributed by atoms with E-state index in [1.165, 1.54) is 12.8 Å². The number of furan rings is 1. The van der Waals surface area contributed by atoms with Crippen LogP contribution in [0.2, 0.25) is 0 Å². The quantitative estimate of drug-likeness (QED) is 0.766. The molecule has 1 unspecified atom stereocenters. The van der Waals surface area contributed by atoms with Crippen LogP contribution in [-0.4, -0.2) is 19.0 Å². The number of amides is 1. The van der Waals surface area contributed by atoms with Gasteiger partial charge in [0.15, 0.2) is 0 Å². The Kier molecular flexibility index (Phi) is 3.62. The first kappa shape index (κ1) is 11.2. The third kappa shape index (κ3) is 3.38. The number of nitrogens with one attached hydrogen (secondary N) is 2. The van der Waals surface area contributed by atoms with E-state index in [1.54, 1.807) is 12.5 Å². The highest BCUT2D eigenvalue weighted by Gasteiger charge is 2.21. The molecule has 1 amide bonds. The number of hydrogen-bond acceptors (Lipinski definition) is 3. The van der Waals surface area contributed by atoms with Gasteiger partial charge in [-0.1, -0.05) is 0 Å². The number of carbonyl (C=O) groups excluding carboxylic acids is 1. The third-order valence-electron chi connectivity index (χ3n) is 2.90. The molecule has 1 aliphatic rings. The standard InChI is InChI=1S/C12H18N2O2/c1-9(11-4-5-16-8-11)13-7-12(15)14-6-10-2-3-10/h4-5,8-10,13H,2-3,6-7H2,1H3,(H,14,15). The highest BCUT2D eigenvalue weighted by molar-refractivity contribution is 5.78. The summed E-state index contributed by atoms with van der Waals surface area (Å²) in [6.45, 7) is 3.21. The van der Waals surface area contributed by atoms with E-state index < -0.39 is 0 Å². The molecule has 1 fully saturated rings. The van der Waals surface area contributed by atoms with Gasteiger partial charge in [0.05, 0.1) is 19.1 Å². The second kappa shape index (κ2) is 5.16. The molecule has 1 saturated carbocycles. The molecule has 0 aliphatic heterocycles. The van der Waals surface area contributed by atoms with Crippen LogP contribution >= 0.6 is 0 Å². The normalized spacial score (nSPS) is 17.1. The summed E-state index contributed by atoms with van der Waals surface area (Å²) >= 11 is 0. The summed E-state index contributed by atoms with van der Waals surface area (Å²) in [5, 5.41) is 6.08. The molecule has 0 bridgehead atoms. The summed E-state index contributed by atoms with van der Waals surface area (Å²) < 4.78 is 4.99. The Labute approximate surface area is 95.4 Å². The highest BCUT2D eigenvalue weighted by atomic mass is 16.3. The minimum Gasteiger partial charge on any atom is -0.472 e. The predicted octanol–water partition coefficient (Wildman–Crippen LogP) is 1.46. The molecular weight excluding hydrogens is 204 g/mol. The zero-order chi connectivity index (χ0) is 11.4. The molecule has 0 saturated heterocycles. The lowest BCUT2D eigenvalue weighted by Crippen LogP contribution is -2.35. The van der Waals surface area contributed by atoms with Crippen LogP contribution in [0.5, 0.6) is 0 Å². The molecule has 16 heavy (non-hydrogen) atoms. The molecule has 88 valence electrons. The Morgan fingerprint density at radius 3 is 3.06 bits per heavy atom. The molecule has 1 atom stereocenters. The van der Waals surface area contributed by atoms with E-state index in [-0.39, 0.29) is 11.9 Å². The minimum atomic E-state index is 0.0715. The van der Waals surface area contributed by atoms with Gasteiger partial charge in [-0.15, -0.1) is 0 Å². The molecule has 2 N–H and O–H groups in total. The van der Waals surface area contributed by atoms with Crippen LogP contribution in [0.3, 0.4) is 0 Å². The monoisotopic (exact) mass is 222 g/mol. The van der Waals surface area contributed by atoms with Crippen molar-refractivity contribution in [3.63, 3.8) is 0 Å². The Bertz CT molecular complexity index is 331. The predicted molar refractivity (Wildman–Crippen MR) is 60.9 cm³/mol. The van der Waals surface area contributed by atoms with Crippen LogP contribution in [0, 0.1) is 5.92 Å². The maximum absolute atomic E-state index is 11.5. The maximum Gasteiger partial charge on any atom is 0.233 e. The van der Waals surface area contributed by atoms with Gasteiger partial charge in [-0.05, 0) is 31.7 Å². The average molecular weight is 222 g/mol. The van der Waals surface area contributed by atoms with Crippen LogP contribution < -0.4 is 10.6 Å². The number of rotatable bonds is 6. The average Bonchev–Trinajstić information content (AvgIpc) is 2.95. The van der Waals surface area contributed by atoms with Gasteiger partial charge in [0.1, 0.15) is 0 Å². The van der Waals surface area contributed by atoms with Crippen molar-refractivity contribution in [2.24, 2.45) is 5.92 Å². The van der Waals surface area contributed by atoms with Gasteiger partial charge in [0.2, 0.25) is 5.91 Å². The van der Waals surface area contributed by atoms with Crippen molar-refractivity contribution in [2.75, 3.05) is 13.1 Å². The molecule has 0 spiro atoms. The van der Waals surface area contributed by atoms with Gasteiger partial charge < -0.3 is 15.1 Å². The highest BCUT2D eigenvalue weighted by Crippen LogP contribution is 2.27. The minimum absolute atomic E-state index is 0.0715. The molecule has 1 aromatic heterocycles. The fourth-order valence-electron chi connectivity index (χ4n) is 1.53. The zero-order valence-corrected chi connectivity index (χ0v) is 9.53. The van der Waals surface area contributed by atoms with Crippen molar-refractivity contribution in [2.45, 2.75) is 25.8 Å². The van der Waals surface area contributed by atoms with Crippen molar-refractivity contribution < 1.29 is 9.21 Å². The van der Waals surface area contributed by atoms with Crippen molar-refractivity contribution in [1.29, 1.82) is 0 Å². The van der Waals surface area contributed by atoms with E-state index in [0.29, 0.717) is 6.54 Å². The van der Waals surface area contributed by atoms with Gasteiger partial charge in [-0.25, -0.2) is 0 Å². The summed E-state index contributed by atoms with van der Waals surface area (Å²) in [6, 6.07) is 2.05. The molecular formula is C12H18N2O2. The largest absolute Gasteiger partial charge is 0.472 e. The second-order valence-electron chi connectivity index (χ2n) is 4.41. The van der Waals surface area contributed by atoms with E-state index in [2.05, 4.69) is 10.6 Å². The lowest BCUT2D eigenvalue weighted by atomic mass is 10.2. The Morgan fingerprint density at radius 2 is 2.44 bits per heavy atom. The van der Waals surface area contributed by atoms with Crippen LogP contribution in [0.25, 0.3) is 0 Å². The first-order valence-corrected chi connectivity index (χ1v) is 5.78. The first-order valence-electron chi connectivity index (χ1n) is 5.78. The lowest BCUT2D eigenvalue weighted by molar-refractivity contribution is -0.120. The molecule has 1 aromatic rings. The van der Waals surface area contributed by atoms with Gasteiger partial charge >= 0.3 is 0 Å². The Hall–Kier alpha value is -1.29. The lowest BCUT2D eigenvalue weighted by Gasteiger charge is -2.11. The first-order chi connectivity index (χ1) is 7.75. The molecule has 1 heterocycles. The van der Waals surface area contributed by atoms with Crippen LogP contribution in [0.1, 0.15) is 31.4 Å². The van der Waals surface area contributed by atoms with E-state index in [1.807, 2.05) is 13.0 Å². The zero-order valence-electron chi connectivity index (χ0n) is 9.53. The topological polar surface area (TPSA) is 54.3 Å². The fraction of sp³-hybridized carbons (Fsp3) is 0.583. The maximum atomic E-state index is 11.5. The van der Waals surface area contributed by atoms with E-state index >= 15 is 0 Å². The summed E-state index contributed by atoms with van der Waals surface area (Å²) in [5.74, 6) is 0.803. The molecule has 0 aromatic carbocycles. The third-order valence-corrected chi connectivity index (χ3v) is 2.90. The van der Waals surface area contributed by atoms with Gasteiger partial charge in [-0.3, -0.25) is 4.79 Å². The Balaban J connectivity index is 1.64. The van der Waals surface area contributed by atoms with E-state index in [4.69, 9.17) is 4.42 Å².